The van der Waals surface area contributed by atoms with E-state index in [0.717, 1.165) is 5.56 Å². The molecule has 0 spiro atoms. The number of nitrogens with zero attached hydrogens (tertiary/aromatic N) is 1. The molecule has 14 heteroatoms. The average Bonchev–Trinajstić information content (AvgIpc) is 3.45. The fourth-order valence-electron chi connectivity index (χ4n) is 4.91. The topological polar surface area (TPSA) is 194 Å². The van der Waals surface area contributed by atoms with Crippen LogP contribution in [0, 0.1) is 17.8 Å². The van der Waals surface area contributed by atoms with Gasteiger partial charge in [-0.25, -0.2) is 13.2 Å². The van der Waals surface area contributed by atoms with Crippen molar-refractivity contribution < 1.29 is 42.0 Å². The molecule has 1 aromatic rings. The van der Waals surface area contributed by atoms with Crippen molar-refractivity contribution in [2.75, 3.05) is 19.7 Å². The van der Waals surface area contributed by atoms with Crippen LogP contribution in [0.15, 0.2) is 30.3 Å². The smallest absolute Gasteiger partial charge is 0.407 e. The first-order valence-electron chi connectivity index (χ1n) is 13.3. The molecule has 222 valence electrons. The molecule has 4 amide bonds. The van der Waals surface area contributed by atoms with Gasteiger partial charge in [0.2, 0.25) is 17.7 Å². The molecule has 2 saturated heterocycles. The van der Waals surface area contributed by atoms with Gasteiger partial charge in [0, 0.05) is 37.9 Å². The molecule has 2 aliphatic heterocycles. The van der Waals surface area contributed by atoms with Crippen LogP contribution in [-0.4, -0.2) is 84.0 Å². The quantitative estimate of drug-likeness (QED) is 0.233. The van der Waals surface area contributed by atoms with Crippen molar-refractivity contribution in [3.05, 3.63) is 35.9 Å². The van der Waals surface area contributed by atoms with Gasteiger partial charge in [0.05, 0.1) is 12.6 Å². The first-order valence-corrected chi connectivity index (χ1v) is 14.8. The zero-order valence-corrected chi connectivity index (χ0v) is 23.4. The van der Waals surface area contributed by atoms with Crippen LogP contribution < -0.4 is 16.0 Å². The minimum absolute atomic E-state index is 0.0502. The maximum Gasteiger partial charge on any atom is 0.407 e. The molecule has 5 atom stereocenters. The van der Waals surface area contributed by atoms with Gasteiger partial charge in [0.1, 0.15) is 16.2 Å². The van der Waals surface area contributed by atoms with Crippen molar-refractivity contribution in [3.8, 4) is 0 Å². The summed E-state index contributed by atoms with van der Waals surface area (Å²) in [5.74, 6) is -2.26. The van der Waals surface area contributed by atoms with Gasteiger partial charge < -0.3 is 35.2 Å². The van der Waals surface area contributed by atoms with E-state index < -0.39 is 45.6 Å². The summed E-state index contributed by atoms with van der Waals surface area (Å²) in [6, 6.07) is 6.77. The first kappa shape index (κ1) is 31.3. The molecule has 0 aliphatic carbocycles. The number of ether oxygens (including phenoxy) is 1. The van der Waals surface area contributed by atoms with Crippen molar-refractivity contribution in [1.29, 1.82) is 0 Å². The summed E-state index contributed by atoms with van der Waals surface area (Å²) in [5, 5.41) is 17.5. The Balaban J connectivity index is 1.57. The van der Waals surface area contributed by atoms with Crippen LogP contribution in [0.5, 0.6) is 0 Å². The lowest BCUT2D eigenvalue weighted by atomic mass is 9.97. The second kappa shape index (κ2) is 13.9. The SMILES string of the molecule is CC(C)C[C@H](NC(=O)OCC1CC(=O)N(Cc2ccccc2)C1)C(=O)N[C@@H](C[C@@H]1CCNC1=O)C(O)S(=O)(=O)[O-]. The summed E-state index contributed by atoms with van der Waals surface area (Å²) < 4.78 is 39.9. The predicted octanol–water partition coefficient (Wildman–Crippen LogP) is 0.0506. The van der Waals surface area contributed by atoms with E-state index in [0.29, 0.717) is 26.1 Å². The highest BCUT2D eigenvalue weighted by atomic mass is 32.2. The Morgan fingerprint density at radius 3 is 2.50 bits per heavy atom. The normalized spacial score (nSPS) is 21.6. The molecule has 0 radical (unpaired) electrons. The number of alkyl carbamates (subject to hydrolysis) is 1. The average molecular weight is 582 g/mol. The molecule has 3 rings (SSSR count). The number of aliphatic hydroxyl groups excluding tert-OH is 1. The van der Waals surface area contributed by atoms with E-state index >= 15 is 0 Å². The van der Waals surface area contributed by atoms with Crippen molar-refractivity contribution in [1.82, 2.24) is 20.9 Å². The van der Waals surface area contributed by atoms with Crippen molar-refractivity contribution >= 4 is 33.9 Å². The molecule has 0 bridgehead atoms. The van der Waals surface area contributed by atoms with E-state index in [1.807, 2.05) is 30.3 Å². The lowest BCUT2D eigenvalue weighted by Gasteiger charge is -2.29. The zero-order valence-electron chi connectivity index (χ0n) is 22.6. The summed E-state index contributed by atoms with van der Waals surface area (Å²) >= 11 is 0. The maximum absolute atomic E-state index is 13.1. The summed E-state index contributed by atoms with van der Waals surface area (Å²) in [6.07, 6.45) is -0.464. The minimum atomic E-state index is -5.21. The molecule has 0 aromatic heterocycles. The summed E-state index contributed by atoms with van der Waals surface area (Å²) in [5.41, 5.74) is -1.49. The van der Waals surface area contributed by atoms with Gasteiger partial charge in [0.15, 0.2) is 5.44 Å². The Kier molecular flexibility index (Phi) is 10.9. The molecule has 2 fully saturated rings. The van der Waals surface area contributed by atoms with Crippen LogP contribution in [-0.2, 0) is 35.8 Å². The van der Waals surface area contributed by atoms with Crippen LogP contribution in [0.1, 0.15) is 45.1 Å². The Hall–Kier alpha value is -3.23. The fourth-order valence-corrected chi connectivity index (χ4v) is 5.49. The van der Waals surface area contributed by atoms with Gasteiger partial charge in [-0.3, -0.25) is 14.4 Å². The first-order chi connectivity index (χ1) is 18.8. The molecular weight excluding hydrogens is 544 g/mol. The number of hydrogen-bond acceptors (Lipinski definition) is 9. The fraction of sp³-hybridized carbons (Fsp3) is 0.615. The lowest BCUT2D eigenvalue weighted by molar-refractivity contribution is -0.128. The van der Waals surface area contributed by atoms with E-state index in [9.17, 15) is 37.3 Å². The third-order valence-electron chi connectivity index (χ3n) is 6.95. The highest BCUT2D eigenvalue weighted by Crippen LogP contribution is 2.22. The third kappa shape index (κ3) is 9.17. The summed E-state index contributed by atoms with van der Waals surface area (Å²) in [7, 11) is -5.21. The number of hydrogen-bond donors (Lipinski definition) is 4. The standard InChI is InChI=1S/C26H38N4O9S/c1-16(2)10-20(24(33)28-21(25(34)40(36,37)38)12-19-8-9-27-23(19)32)29-26(35)39-15-18-11-22(31)30(14-18)13-17-6-4-3-5-7-17/h3-7,16,18-21,25,34H,8-15H2,1-2H3,(H,27,32)(H,28,33)(H,29,35)(H,36,37,38)/p-1/t18?,19-,20-,21-,25?/m0/s1. The van der Waals surface area contributed by atoms with Gasteiger partial charge in [-0.2, -0.15) is 0 Å². The molecule has 1 aromatic carbocycles. The van der Waals surface area contributed by atoms with Gasteiger partial charge in [-0.05, 0) is 30.7 Å². The summed E-state index contributed by atoms with van der Waals surface area (Å²) in [4.78, 5) is 51.7. The number of nitrogens with one attached hydrogen (secondary N) is 3. The van der Waals surface area contributed by atoms with E-state index in [4.69, 9.17) is 4.74 Å². The molecule has 2 heterocycles. The summed E-state index contributed by atoms with van der Waals surface area (Å²) in [6.45, 7) is 4.77. The Labute approximate surface area is 233 Å². The van der Waals surface area contributed by atoms with Crippen LogP contribution in [0.25, 0.3) is 0 Å². The number of benzene rings is 1. The largest absolute Gasteiger partial charge is 0.746 e. The lowest BCUT2D eigenvalue weighted by Crippen LogP contribution is -2.55. The highest BCUT2D eigenvalue weighted by molar-refractivity contribution is 7.86. The van der Waals surface area contributed by atoms with E-state index in [1.54, 1.807) is 18.7 Å². The molecule has 2 aliphatic rings. The number of amides is 4. The molecule has 0 saturated carbocycles. The van der Waals surface area contributed by atoms with Gasteiger partial charge in [-0.1, -0.05) is 44.2 Å². The number of aliphatic hydroxyl groups is 1. The van der Waals surface area contributed by atoms with Gasteiger partial charge in [0.25, 0.3) is 0 Å². The van der Waals surface area contributed by atoms with Gasteiger partial charge >= 0.3 is 6.09 Å². The van der Waals surface area contributed by atoms with Crippen LogP contribution in [0.4, 0.5) is 4.79 Å². The zero-order chi connectivity index (χ0) is 29.4. The Bertz CT molecular complexity index is 1160. The second-order valence-electron chi connectivity index (χ2n) is 10.8. The number of likely N-dealkylation sites (tertiary alicyclic amines) is 1. The monoisotopic (exact) mass is 581 g/mol. The number of rotatable bonds is 13. The Morgan fingerprint density at radius 1 is 1.20 bits per heavy atom. The Morgan fingerprint density at radius 2 is 1.90 bits per heavy atom. The van der Waals surface area contributed by atoms with E-state index in [1.165, 1.54) is 0 Å². The minimum Gasteiger partial charge on any atom is -0.746 e. The van der Waals surface area contributed by atoms with Crippen molar-refractivity contribution in [2.45, 2.75) is 63.6 Å². The van der Waals surface area contributed by atoms with Crippen LogP contribution >= 0.6 is 0 Å². The molecule has 4 N–H and O–H groups in total. The van der Waals surface area contributed by atoms with Crippen LogP contribution in [0.3, 0.4) is 0 Å². The molecule has 13 nitrogen and oxygen atoms in total. The van der Waals surface area contributed by atoms with Crippen LogP contribution in [0.2, 0.25) is 0 Å². The van der Waals surface area contributed by atoms with Gasteiger partial charge in [-0.15, -0.1) is 0 Å². The maximum atomic E-state index is 13.1. The van der Waals surface area contributed by atoms with E-state index in [2.05, 4.69) is 16.0 Å². The number of carbonyl (C=O) groups is 4. The molecule has 40 heavy (non-hydrogen) atoms. The van der Waals surface area contributed by atoms with E-state index in [-0.39, 0.29) is 49.5 Å². The predicted molar refractivity (Wildman–Crippen MR) is 141 cm³/mol. The molecule has 2 unspecified atom stereocenters. The third-order valence-corrected chi connectivity index (χ3v) is 7.87. The van der Waals surface area contributed by atoms with Crippen molar-refractivity contribution in [2.24, 2.45) is 17.8 Å². The molecular formula is C26H37N4O9S-. The van der Waals surface area contributed by atoms with Crippen molar-refractivity contribution in [3.63, 3.8) is 0 Å². The second-order valence-corrected chi connectivity index (χ2v) is 12.2. The highest BCUT2D eigenvalue weighted by Gasteiger charge is 2.36. The number of carbonyl (C=O) groups excluding carboxylic acids is 4.